The molecule has 0 saturated carbocycles. The molecule has 5 unspecified atom stereocenters. The van der Waals surface area contributed by atoms with Crippen molar-refractivity contribution >= 4 is 35.7 Å². The van der Waals surface area contributed by atoms with Gasteiger partial charge in [-0.3, -0.25) is 24.6 Å². The van der Waals surface area contributed by atoms with Crippen LogP contribution < -0.4 is 16.4 Å². The van der Waals surface area contributed by atoms with Gasteiger partial charge < -0.3 is 40.4 Å². The van der Waals surface area contributed by atoms with Crippen molar-refractivity contribution in [1.29, 1.82) is 5.41 Å². The molecule has 0 saturated heterocycles. The Balaban J connectivity index is 3.55. The average molecular weight is 458 g/mol. The van der Waals surface area contributed by atoms with Crippen molar-refractivity contribution in [2.24, 2.45) is 5.73 Å². The van der Waals surface area contributed by atoms with Gasteiger partial charge in [0.25, 0.3) is 0 Å². The zero-order valence-electron chi connectivity index (χ0n) is 17.9. The third-order valence-corrected chi connectivity index (χ3v) is 4.00. The molecule has 1 aliphatic rings. The van der Waals surface area contributed by atoms with Gasteiger partial charge in [0.1, 0.15) is 6.61 Å². The molecule has 14 nitrogen and oxygen atoms in total. The van der Waals surface area contributed by atoms with Crippen LogP contribution >= 0.6 is 0 Å². The van der Waals surface area contributed by atoms with Crippen LogP contribution in [0.5, 0.6) is 0 Å². The lowest BCUT2D eigenvalue weighted by Gasteiger charge is -2.41. The number of carboxylic acid groups (broad SMARTS) is 1. The van der Waals surface area contributed by atoms with Gasteiger partial charge in [-0.2, -0.15) is 0 Å². The first-order valence-electron chi connectivity index (χ1n) is 9.29. The van der Waals surface area contributed by atoms with Gasteiger partial charge in [-0.25, -0.2) is 4.79 Å². The summed E-state index contributed by atoms with van der Waals surface area (Å²) < 4.78 is 20.8. The monoisotopic (exact) mass is 458 g/mol. The minimum atomic E-state index is -1.54. The van der Waals surface area contributed by atoms with E-state index in [0.29, 0.717) is 0 Å². The molecule has 0 aromatic heterocycles. The summed E-state index contributed by atoms with van der Waals surface area (Å²) in [5.41, 5.74) is 5.38. The normalized spacial score (nSPS) is 21.5. The van der Waals surface area contributed by atoms with E-state index < -0.39 is 78.5 Å². The van der Waals surface area contributed by atoms with E-state index in [1.165, 1.54) is 6.92 Å². The molecule has 0 spiro atoms. The van der Waals surface area contributed by atoms with E-state index in [4.69, 9.17) is 30.1 Å². The first-order chi connectivity index (χ1) is 14.8. The Labute approximate surface area is 182 Å². The number of amides is 1. The summed E-state index contributed by atoms with van der Waals surface area (Å²) in [4.78, 5) is 58.2. The molecule has 5 atom stereocenters. The van der Waals surface area contributed by atoms with E-state index in [0.717, 1.165) is 26.8 Å². The first kappa shape index (κ1) is 26.2. The molecule has 0 bridgehead atoms. The zero-order valence-corrected chi connectivity index (χ0v) is 17.9. The lowest BCUT2D eigenvalue weighted by atomic mass is 9.91. The molecule has 178 valence electrons. The first-order valence-corrected chi connectivity index (χ1v) is 9.29. The molecule has 1 amide bonds. The molecular weight excluding hydrogens is 432 g/mol. The van der Waals surface area contributed by atoms with Crippen molar-refractivity contribution in [3.8, 4) is 0 Å². The van der Waals surface area contributed by atoms with E-state index in [-0.39, 0.29) is 0 Å². The highest BCUT2D eigenvalue weighted by molar-refractivity contribution is 5.85. The fourth-order valence-electron chi connectivity index (χ4n) is 3.00. The van der Waals surface area contributed by atoms with Crippen LogP contribution in [0.2, 0.25) is 0 Å². The molecule has 0 aliphatic carbocycles. The molecular formula is C18H26N4O10. The van der Waals surface area contributed by atoms with Crippen molar-refractivity contribution in [2.75, 3.05) is 6.61 Å². The fourth-order valence-corrected chi connectivity index (χ4v) is 3.00. The molecule has 0 radical (unpaired) electrons. The van der Waals surface area contributed by atoms with E-state index in [1.807, 2.05) is 0 Å². The van der Waals surface area contributed by atoms with Crippen LogP contribution in [-0.4, -0.2) is 77.9 Å². The highest BCUT2D eigenvalue weighted by atomic mass is 16.6. The number of aliphatic carboxylic acids is 1. The maximum absolute atomic E-state index is 11.8. The Kier molecular flexibility index (Phi) is 9.43. The Hall–Kier alpha value is -3.84. The summed E-state index contributed by atoms with van der Waals surface area (Å²) in [6.07, 6.45) is -3.35. The van der Waals surface area contributed by atoms with E-state index in [2.05, 4.69) is 10.6 Å². The van der Waals surface area contributed by atoms with Gasteiger partial charge in [0.05, 0.1) is 12.1 Å². The summed E-state index contributed by atoms with van der Waals surface area (Å²) in [5.74, 6) is -5.64. The Morgan fingerprint density at radius 2 is 1.69 bits per heavy atom. The number of nitrogens with two attached hydrogens (primary N) is 1. The van der Waals surface area contributed by atoms with Gasteiger partial charge >= 0.3 is 23.9 Å². The average Bonchev–Trinajstić information content (AvgIpc) is 2.63. The van der Waals surface area contributed by atoms with Gasteiger partial charge in [-0.05, 0) is 6.08 Å². The number of carbonyl (C=O) groups excluding carboxylic acids is 4. The number of carboxylic acids is 1. The molecule has 0 aromatic rings. The lowest BCUT2D eigenvalue weighted by Crippen LogP contribution is -2.65. The van der Waals surface area contributed by atoms with E-state index in [9.17, 15) is 29.1 Å². The summed E-state index contributed by atoms with van der Waals surface area (Å²) in [6, 6.07) is -2.25. The second kappa shape index (κ2) is 11.5. The third-order valence-electron chi connectivity index (χ3n) is 4.00. The van der Waals surface area contributed by atoms with Gasteiger partial charge in [0, 0.05) is 27.7 Å². The Bertz CT molecular complexity index is 812. The number of hydrogen-bond donors (Lipinski definition) is 5. The second-order valence-electron chi connectivity index (χ2n) is 6.75. The third kappa shape index (κ3) is 8.12. The molecule has 32 heavy (non-hydrogen) atoms. The van der Waals surface area contributed by atoms with Crippen molar-refractivity contribution in [3.63, 3.8) is 0 Å². The van der Waals surface area contributed by atoms with Crippen LogP contribution in [0.25, 0.3) is 0 Å². The van der Waals surface area contributed by atoms with Crippen LogP contribution in [0, 0.1) is 5.41 Å². The van der Waals surface area contributed by atoms with Crippen molar-refractivity contribution in [3.05, 3.63) is 11.8 Å². The van der Waals surface area contributed by atoms with Gasteiger partial charge in [-0.1, -0.05) is 0 Å². The van der Waals surface area contributed by atoms with Gasteiger partial charge in [0.15, 0.2) is 24.3 Å². The molecule has 0 aromatic carbocycles. The Morgan fingerprint density at radius 3 is 2.12 bits per heavy atom. The second-order valence-corrected chi connectivity index (χ2v) is 6.75. The summed E-state index contributed by atoms with van der Waals surface area (Å²) >= 11 is 0. The van der Waals surface area contributed by atoms with E-state index in [1.54, 1.807) is 0 Å². The number of ether oxygens (including phenoxy) is 4. The molecule has 1 rings (SSSR count). The molecule has 1 aliphatic heterocycles. The predicted molar refractivity (Wildman–Crippen MR) is 105 cm³/mol. The van der Waals surface area contributed by atoms with Crippen LogP contribution in [0.1, 0.15) is 27.7 Å². The number of hydrogen-bond acceptors (Lipinski definition) is 10. The quantitative estimate of drug-likeness (QED) is 0.111. The van der Waals surface area contributed by atoms with Crippen LogP contribution in [0.4, 0.5) is 0 Å². The fraction of sp³-hybridized carbons (Fsp3) is 0.556. The topological polar surface area (TPSA) is 216 Å². The summed E-state index contributed by atoms with van der Waals surface area (Å²) in [6.45, 7) is 3.80. The van der Waals surface area contributed by atoms with Crippen LogP contribution in [0.15, 0.2) is 11.8 Å². The minimum absolute atomic E-state index is 0.549. The molecule has 14 heteroatoms. The zero-order chi connectivity index (χ0) is 24.6. The maximum atomic E-state index is 11.8. The van der Waals surface area contributed by atoms with Crippen molar-refractivity contribution in [1.82, 2.24) is 10.6 Å². The van der Waals surface area contributed by atoms with Gasteiger partial charge in [0.2, 0.25) is 11.7 Å². The standard InChI is InChI=1S/C18H26N4O10/c1-7(23)21-14-11(22-18(19)20)5-12(17(27)28)32-16(14)15(31-10(4)26)13(30-9(3)25)6-29-8(2)24/h5,11,13-16H,6H2,1-4H3,(H,21,23)(H,27,28)(H4,19,20,22). The number of esters is 3. The highest BCUT2D eigenvalue weighted by Gasteiger charge is 2.48. The highest BCUT2D eigenvalue weighted by Crippen LogP contribution is 2.26. The maximum Gasteiger partial charge on any atom is 0.370 e. The van der Waals surface area contributed by atoms with Crippen LogP contribution in [-0.2, 0) is 42.9 Å². The molecule has 0 fully saturated rings. The summed E-state index contributed by atoms with van der Waals surface area (Å²) in [5, 5.41) is 21.9. The van der Waals surface area contributed by atoms with Crippen molar-refractivity contribution < 1.29 is 48.0 Å². The van der Waals surface area contributed by atoms with Crippen molar-refractivity contribution in [2.45, 2.75) is 58.1 Å². The summed E-state index contributed by atoms with van der Waals surface area (Å²) in [7, 11) is 0. The molecule has 1 heterocycles. The number of nitrogens with one attached hydrogen (secondary N) is 3. The lowest BCUT2D eigenvalue weighted by molar-refractivity contribution is -0.187. The predicted octanol–water partition coefficient (Wildman–Crippen LogP) is -1.86. The molecule has 6 N–H and O–H groups in total. The largest absolute Gasteiger partial charge is 0.477 e. The van der Waals surface area contributed by atoms with Crippen LogP contribution in [0.3, 0.4) is 0 Å². The van der Waals surface area contributed by atoms with E-state index >= 15 is 0 Å². The SMILES string of the molecule is CC(=O)NC1C(NC(=N)N)C=C(C(=O)O)OC1C(OC(C)=O)C(COC(C)=O)OC(C)=O. The smallest absolute Gasteiger partial charge is 0.370 e. The number of carbonyl (C=O) groups is 5. The minimum Gasteiger partial charge on any atom is -0.477 e. The number of rotatable bonds is 9. The van der Waals surface area contributed by atoms with Gasteiger partial charge in [-0.15, -0.1) is 0 Å². The Morgan fingerprint density at radius 1 is 1.09 bits per heavy atom. The number of guanidine groups is 1.